The Labute approximate surface area is 218 Å². The predicted octanol–water partition coefficient (Wildman–Crippen LogP) is 6.33. The normalized spacial score (nSPS) is 15.1. The second kappa shape index (κ2) is 11.4. The van der Waals surface area contributed by atoms with E-state index in [2.05, 4.69) is 36.2 Å². The molecule has 1 atom stereocenters. The van der Waals surface area contributed by atoms with E-state index >= 15 is 0 Å². The van der Waals surface area contributed by atoms with Crippen LogP contribution in [0, 0.1) is 0 Å². The zero-order valence-corrected chi connectivity index (χ0v) is 21.4. The van der Waals surface area contributed by atoms with E-state index in [1.165, 1.54) is 11.1 Å². The molecule has 0 radical (unpaired) electrons. The Kier molecular flexibility index (Phi) is 7.62. The smallest absolute Gasteiger partial charge is 0.162 e. The first-order valence-electron chi connectivity index (χ1n) is 12.7. The van der Waals surface area contributed by atoms with Crippen LogP contribution < -0.4 is 14.2 Å². The van der Waals surface area contributed by atoms with Crippen molar-refractivity contribution in [1.29, 1.82) is 0 Å². The minimum Gasteiger partial charge on any atom is -0.504 e. The lowest BCUT2D eigenvalue weighted by molar-refractivity contribution is 0.226. The van der Waals surface area contributed by atoms with Gasteiger partial charge in [-0.15, -0.1) is 0 Å². The summed E-state index contributed by atoms with van der Waals surface area (Å²) in [6, 6.07) is 30.2. The Morgan fingerprint density at radius 1 is 0.757 bits per heavy atom. The number of nitrogens with zero attached hydrogens (tertiary/aromatic N) is 1. The van der Waals surface area contributed by atoms with Crippen LogP contribution >= 0.6 is 0 Å². The quantitative estimate of drug-likeness (QED) is 0.294. The number of hydrogen-bond donors (Lipinski definition) is 1. The van der Waals surface area contributed by atoms with E-state index in [1.54, 1.807) is 13.2 Å². The summed E-state index contributed by atoms with van der Waals surface area (Å²) in [5.74, 6) is 2.17. The van der Waals surface area contributed by atoms with Crippen molar-refractivity contribution in [3.63, 3.8) is 0 Å². The van der Waals surface area contributed by atoms with E-state index in [4.69, 9.17) is 14.2 Å². The maximum Gasteiger partial charge on any atom is 0.162 e. The second-order valence-corrected chi connectivity index (χ2v) is 9.50. The number of aromatic hydroxyl groups is 1. The van der Waals surface area contributed by atoms with Gasteiger partial charge in [0.15, 0.2) is 23.0 Å². The van der Waals surface area contributed by atoms with E-state index in [0.717, 1.165) is 47.6 Å². The van der Waals surface area contributed by atoms with Crippen LogP contribution in [-0.4, -0.2) is 30.7 Å². The standard InChI is InChI=1S/C32H33NO4/c1-33-16-15-26-19-31(35-2)32(37-22-24-11-7-4-8-12-24)20-27(26)28(33)17-25-13-14-29(34)30(18-25)36-21-23-9-5-3-6-10-23/h3-14,18-20,28,34H,15-17,21-22H2,1-2H3/t28-/m1/s1. The van der Waals surface area contributed by atoms with E-state index in [0.29, 0.717) is 19.0 Å². The number of fused-ring (bicyclic) bond motifs is 1. The number of rotatable bonds is 9. The van der Waals surface area contributed by atoms with Crippen LogP contribution in [0.3, 0.4) is 0 Å². The molecule has 0 saturated heterocycles. The number of phenolic OH excluding ortho intramolecular Hbond substituents is 1. The average molecular weight is 496 g/mol. The van der Waals surface area contributed by atoms with Crippen molar-refractivity contribution in [2.75, 3.05) is 20.7 Å². The van der Waals surface area contributed by atoms with Gasteiger partial charge in [-0.05, 0) is 72.0 Å². The van der Waals surface area contributed by atoms with Gasteiger partial charge in [0.25, 0.3) is 0 Å². The molecule has 0 amide bonds. The van der Waals surface area contributed by atoms with Gasteiger partial charge in [0.1, 0.15) is 13.2 Å². The topological polar surface area (TPSA) is 51.2 Å². The van der Waals surface area contributed by atoms with Crippen LogP contribution in [0.2, 0.25) is 0 Å². The van der Waals surface area contributed by atoms with E-state index in [1.807, 2.05) is 60.7 Å². The molecular weight excluding hydrogens is 462 g/mol. The molecule has 0 fully saturated rings. The molecule has 4 aromatic rings. The Morgan fingerprint density at radius 2 is 1.41 bits per heavy atom. The number of methoxy groups -OCH3 is 1. The van der Waals surface area contributed by atoms with Crippen LogP contribution in [0.1, 0.15) is 33.9 Å². The molecule has 5 heteroatoms. The maximum atomic E-state index is 10.4. The monoisotopic (exact) mass is 495 g/mol. The zero-order valence-electron chi connectivity index (χ0n) is 21.4. The molecule has 0 saturated carbocycles. The summed E-state index contributed by atoms with van der Waals surface area (Å²) in [6.45, 7) is 1.85. The van der Waals surface area contributed by atoms with Gasteiger partial charge < -0.3 is 19.3 Å². The molecule has 1 aliphatic rings. The van der Waals surface area contributed by atoms with Gasteiger partial charge in [0, 0.05) is 12.6 Å². The third kappa shape index (κ3) is 5.89. The lowest BCUT2D eigenvalue weighted by atomic mass is 9.88. The summed E-state index contributed by atoms with van der Waals surface area (Å²) >= 11 is 0. The summed E-state index contributed by atoms with van der Waals surface area (Å²) in [7, 11) is 3.85. The van der Waals surface area contributed by atoms with Crippen molar-refractivity contribution < 1.29 is 19.3 Å². The Morgan fingerprint density at radius 3 is 2.05 bits per heavy atom. The highest BCUT2D eigenvalue weighted by atomic mass is 16.5. The molecular formula is C32H33NO4. The van der Waals surface area contributed by atoms with Gasteiger partial charge in [0.2, 0.25) is 0 Å². The first-order chi connectivity index (χ1) is 18.1. The summed E-state index contributed by atoms with van der Waals surface area (Å²) in [4.78, 5) is 2.38. The van der Waals surface area contributed by atoms with E-state index in [9.17, 15) is 5.11 Å². The number of hydrogen-bond acceptors (Lipinski definition) is 5. The molecule has 0 spiro atoms. The maximum absolute atomic E-state index is 10.4. The Hall–Kier alpha value is -3.96. The fraction of sp³-hybridized carbons (Fsp3) is 0.250. The van der Waals surface area contributed by atoms with Crippen molar-refractivity contribution in [3.8, 4) is 23.0 Å². The van der Waals surface area contributed by atoms with Crippen LogP contribution in [-0.2, 0) is 26.1 Å². The van der Waals surface area contributed by atoms with Gasteiger partial charge in [-0.25, -0.2) is 0 Å². The highest BCUT2D eigenvalue weighted by Gasteiger charge is 2.27. The molecule has 1 aliphatic heterocycles. The fourth-order valence-corrected chi connectivity index (χ4v) is 4.87. The van der Waals surface area contributed by atoms with Crippen molar-refractivity contribution in [1.82, 2.24) is 4.90 Å². The predicted molar refractivity (Wildman–Crippen MR) is 145 cm³/mol. The highest BCUT2D eigenvalue weighted by molar-refractivity contribution is 5.50. The third-order valence-electron chi connectivity index (χ3n) is 6.98. The average Bonchev–Trinajstić information content (AvgIpc) is 2.94. The first-order valence-corrected chi connectivity index (χ1v) is 12.7. The number of phenols is 1. The number of likely N-dealkylation sites (N-methyl/N-ethyl adjacent to an activating group) is 1. The largest absolute Gasteiger partial charge is 0.504 e. The Balaban J connectivity index is 1.37. The zero-order chi connectivity index (χ0) is 25.6. The SMILES string of the molecule is COc1cc2c(cc1OCc1ccccc1)[C@@H](Cc1ccc(O)c(OCc3ccccc3)c1)N(C)CC2. The Bertz CT molecular complexity index is 1320. The van der Waals surface area contributed by atoms with Crippen LogP contribution in [0.4, 0.5) is 0 Å². The van der Waals surface area contributed by atoms with Gasteiger partial charge >= 0.3 is 0 Å². The summed E-state index contributed by atoms with van der Waals surface area (Å²) in [5.41, 5.74) is 5.81. The lowest BCUT2D eigenvalue weighted by Gasteiger charge is -2.35. The van der Waals surface area contributed by atoms with Crippen LogP contribution in [0.5, 0.6) is 23.0 Å². The van der Waals surface area contributed by atoms with Crippen molar-refractivity contribution in [3.05, 3.63) is 119 Å². The molecule has 1 heterocycles. The molecule has 5 nitrogen and oxygen atoms in total. The molecule has 37 heavy (non-hydrogen) atoms. The van der Waals surface area contributed by atoms with Gasteiger partial charge in [-0.3, -0.25) is 4.90 Å². The molecule has 0 aromatic heterocycles. The molecule has 0 bridgehead atoms. The van der Waals surface area contributed by atoms with E-state index < -0.39 is 0 Å². The molecule has 1 N–H and O–H groups in total. The fourth-order valence-electron chi connectivity index (χ4n) is 4.87. The van der Waals surface area contributed by atoms with Crippen molar-refractivity contribution in [2.45, 2.75) is 32.1 Å². The molecule has 5 rings (SSSR count). The van der Waals surface area contributed by atoms with Gasteiger partial charge in [0.05, 0.1) is 7.11 Å². The van der Waals surface area contributed by atoms with E-state index in [-0.39, 0.29) is 11.8 Å². The minimum atomic E-state index is 0.151. The summed E-state index contributed by atoms with van der Waals surface area (Å²) in [6.07, 6.45) is 1.74. The minimum absolute atomic E-state index is 0.151. The molecule has 190 valence electrons. The summed E-state index contributed by atoms with van der Waals surface area (Å²) < 4.78 is 17.9. The molecule has 4 aromatic carbocycles. The number of benzene rings is 4. The van der Waals surface area contributed by atoms with Crippen molar-refractivity contribution >= 4 is 0 Å². The number of ether oxygens (including phenoxy) is 3. The highest BCUT2D eigenvalue weighted by Crippen LogP contribution is 2.40. The molecule has 0 aliphatic carbocycles. The van der Waals surface area contributed by atoms with Crippen LogP contribution in [0.15, 0.2) is 91.0 Å². The van der Waals surface area contributed by atoms with Gasteiger partial charge in [-0.2, -0.15) is 0 Å². The first kappa shape index (κ1) is 24.7. The lowest BCUT2D eigenvalue weighted by Crippen LogP contribution is -2.33. The van der Waals surface area contributed by atoms with Crippen LogP contribution in [0.25, 0.3) is 0 Å². The second-order valence-electron chi connectivity index (χ2n) is 9.50. The molecule has 0 unspecified atom stereocenters. The third-order valence-corrected chi connectivity index (χ3v) is 6.98. The van der Waals surface area contributed by atoms with Gasteiger partial charge in [-0.1, -0.05) is 66.7 Å². The van der Waals surface area contributed by atoms with Crippen molar-refractivity contribution in [2.24, 2.45) is 0 Å². The summed E-state index contributed by atoms with van der Waals surface area (Å²) in [5, 5.41) is 10.4.